The standard InChI is InChI=1S/C11H14N2O3.ClH/c12-4-1-5-13-11(14)8-2-3-9-10(6-8)16-7-15-9;/h2-3,6H,1,4-5,7,12H2,(H,13,14);1H. The van der Waals surface area contributed by atoms with Gasteiger partial charge in [0.2, 0.25) is 6.79 Å². The first-order valence-electron chi connectivity index (χ1n) is 5.19. The third kappa shape index (κ3) is 3.25. The lowest BCUT2D eigenvalue weighted by atomic mass is 10.2. The van der Waals surface area contributed by atoms with Gasteiger partial charge in [-0.15, -0.1) is 12.4 Å². The maximum atomic E-state index is 11.7. The van der Waals surface area contributed by atoms with Gasteiger partial charge in [0.1, 0.15) is 0 Å². The first-order chi connectivity index (χ1) is 7.81. The van der Waals surface area contributed by atoms with E-state index >= 15 is 0 Å². The molecule has 0 aliphatic carbocycles. The number of hydrogen-bond acceptors (Lipinski definition) is 4. The molecule has 1 amide bonds. The molecule has 1 aromatic carbocycles. The molecule has 2 rings (SSSR count). The summed E-state index contributed by atoms with van der Waals surface area (Å²) in [6.45, 7) is 1.37. The average Bonchev–Trinajstić information content (AvgIpc) is 2.76. The Morgan fingerprint density at radius 2 is 2.12 bits per heavy atom. The van der Waals surface area contributed by atoms with E-state index in [1.807, 2.05) is 0 Å². The normalized spacial score (nSPS) is 11.8. The minimum absolute atomic E-state index is 0. The molecule has 5 nitrogen and oxygen atoms in total. The molecule has 6 heteroatoms. The van der Waals surface area contributed by atoms with Gasteiger partial charge in [-0.05, 0) is 31.2 Å². The highest BCUT2D eigenvalue weighted by Gasteiger charge is 2.15. The summed E-state index contributed by atoms with van der Waals surface area (Å²) in [6.07, 6.45) is 0.774. The summed E-state index contributed by atoms with van der Waals surface area (Å²) in [5.41, 5.74) is 5.91. The number of rotatable bonds is 4. The van der Waals surface area contributed by atoms with Crippen LogP contribution in [-0.2, 0) is 0 Å². The van der Waals surface area contributed by atoms with Crippen LogP contribution in [0.4, 0.5) is 0 Å². The summed E-state index contributed by atoms with van der Waals surface area (Å²) < 4.78 is 10.4. The van der Waals surface area contributed by atoms with Gasteiger partial charge in [-0.1, -0.05) is 0 Å². The molecule has 0 saturated heterocycles. The zero-order valence-electron chi connectivity index (χ0n) is 9.27. The minimum atomic E-state index is -0.119. The van der Waals surface area contributed by atoms with Crippen molar-refractivity contribution in [3.63, 3.8) is 0 Å². The largest absolute Gasteiger partial charge is 0.454 e. The Hall–Kier alpha value is -1.46. The highest BCUT2D eigenvalue weighted by Crippen LogP contribution is 2.32. The van der Waals surface area contributed by atoms with Gasteiger partial charge in [0.05, 0.1) is 0 Å². The first-order valence-corrected chi connectivity index (χ1v) is 5.19. The highest BCUT2D eigenvalue weighted by atomic mass is 35.5. The number of carbonyl (C=O) groups is 1. The quantitative estimate of drug-likeness (QED) is 0.788. The second kappa shape index (κ2) is 6.32. The maximum absolute atomic E-state index is 11.7. The van der Waals surface area contributed by atoms with Crippen LogP contribution in [0.1, 0.15) is 16.8 Å². The molecule has 0 fully saturated rings. The van der Waals surface area contributed by atoms with E-state index in [4.69, 9.17) is 15.2 Å². The van der Waals surface area contributed by atoms with E-state index in [1.54, 1.807) is 18.2 Å². The fraction of sp³-hybridized carbons (Fsp3) is 0.364. The Bertz CT molecular complexity index is 398. The second-order valence-corrected chi connectivity index (χ2v) is 3.47. The second-order valence-electron chi connectivity index (χ2n) is 3.47. The Labute approximate surface area is 106 Å². The number of fused-ring (bicyclic) bond motifs is 1. The Kier molecular flexibility index (Phi) is 5.06. The molecular formula is C11H15ClN2O3. The van der Waals surface area contributed by atoms with Crippen molar-refractivity contribution < 1.29 is 14.3 Å². The number of nitrogens with one attached hydrogen (secondary N) is 1. The number of carbonyl (C=O) groups excluding carboxylic acids is 1. The van der Waals surface area contributed by atoms with Gasteiger partial charge in [0.15, 0.2) is 11.5 Å². The summed E-state index contributed by atoms with van der Waals surface area (Å²) in [6, 6.07) is 5.13. The average molecular weight is 259 g/mol. The number of amides is 1. The molecule has 3 N–H and O–H groups in total. The van der Waals surface area contributed by atoms with Gasteiger partial charge >= 0.3 is 0 Å². The molecule has 0 aromatic heterocycles. The van der Waals surface area contributed by atoms with E-state index in [9.17, 15) is 4.79 Å². The predicted octanol–water partition coefficient (Wildman–Crippen LogP) is 0.916. The van der Waals surface area contributed by atoms with Crippen LogP contribution >= 0.6 is 12.4 Å². The summed E-state index contributed by atoms with van der Waals surface area (Å²) >= 11 is 0. The molecule has 0 saturated carbocycles. The lowest BCUT2D eigenvalue weighted by Gasteiger charge is -2.04. The molecular weight excluding hydrogens is 244 g/mol. The van der Waals surface area contributed by atoms with Crippen LogP contribution in [0.15, 0.2) is 18.2 Å². The van der Waals surface area contributed by atoms with Gasteiger partial charge in [-0.25, -0.2) is 0 Å². The van der Waals surface area contributed by atoms with E-state index in [1.165, 1.54) is 0 Å². The van der Waals surface area contributed by atoms with E-state index in [0.717, 1.165) is 6.42 Å². The number of ether oxygens (including phenoxy) is 2. The molecule has 1 aromatic rings. The van der Waals surface area contributed by atoms with Gasteiger partial charge in [-0.3, -0.25) is 4.79 Å². The van der Waals surface area contributed by atoms with E-state index in [0.29, 0.717) is 30.2 Å². The van der Waals surface area contributed by atoms with Gasteiger partial charge < -0.3 is 20.5 Å². The molecule has 0 radical (unpaired) electrons. The van der Waals surface area contributed by atoms with Crippen LogP contribution in [0.25, 0.3) is 0 Å². The van der Waals surface area contributed by atoms with Crippen molar-refractivity contribution in [3.8, 4) is 11.5 Å². The van der Waals surface area contributed by atoms with E-state index in [-0.39, 0.29) is 25.1 Å². The van der Waals surface area contributed by atoms with Crippen LogP contribution in [0.2, 0.25) is 0 Å². The molecule has 0 bridgehead atoms. The van der Waals surface area contributed by atoms with Crippen molar-refractivity contribution in [1.29, 1.82) is 0 Å². The highest BCUT2D eigenvalue weighted by molar-refractivity contribution is 5.94. The molecule has 1 aliphatic rings. The zero-order valence-corrected chi connectivity index (χ0v) is 10.1. The minimum Gasteiger partial charge on any atom is -0.454 e. The summed E-state index contributed by atoms with van der Waals surface area (Å²) in [5, 5.41) is 2.78. The number of nitrogens with two attached hydrogens (primary N) is 1. The molecule has 0 atom stereocenters. The van der Waals surface area contributed by atoms with Crippen molar-refractivity contribution in [2.24, 2.45) is 5.73 Å². The molecule has 17 heavy (non-hydrogen) atoms. The monoisotopic (exact) mass is 258 g/mol. The Balaban J connectivity index is 0.00000144. The Morgan fingerprint density at radius 3 is 2.88 bits per heavy atom. The number of benzene rings is 1. The van der Waals surface area contributed by atoms with Crippen LogP contribution in [0, 0.1) is 0 Å². The van der Waals surface area contributed by atoms with Gasteiger partial charge in [0.25, 0.3) is 5.91 Å². The Morgan fingerprint density at radius 1 is 1.35 bits per heavy atom. The van der Waals surface area contributed by atoms with Crippen molar-refractivity contribution in [2.75, 3.05) is 19.9 Å². The van der Waals surface area contributed by atoms with Gasteiger partial charge in [0, 0.05) is 12.1 Å². The van der Waals surface area contributed by atoms with E-state index < -0.39 is 0 Å². The fourth-order valence-corrected chi connectivity index (χ4v) is 1.44. The molecule has 94 valence electrons. The smallest absolute Gasteiger partial charge is 0.251 e. The summed E-state index contributed by atoms with van der Waals surface area (Å²) in [7, 11) is 0. The molecule has 1 aliphatic heterocycles. The molecule has 0 spiro atoms. The zero-order chi connectivity index (χ0) is 11.4. The lowest BCUT2D eigenvalue weighted by Crippen LogP contribution is -2.25. The van der Waals surface area contributed by atoms with Crippen molar-refractivity contribution in [2.45, 2.75) is 6.42 Å². The molecule has 0 unspecified atom stereocenters. The van der Waals surface area contributed by atoms with Gasteiger partial charge in [-0.2, -0.15) is 0 Å². The van der Waals surface area contributed by atoms with Crippen LogP contribution in [0.5, 0.6) is 11.5 Å². The molecule has 1 heterocycles. The summed E-state index contributed by atoms with van der Waals surface area (Å²) in [4.78, 5) is 11.7. The van der Waals surface area contributed by atoms with E-state index in [2.05, 4.69) is 5.32 Å². The first kappa shape index (κ1) is 13.6. The predicted molar refractivity (Wildman–Crippen MR) is 65.8 cm³/mol. The topological polar surface area (TPSA) is 73.6 Å². The fourth-order valence-electron chi connectivity index (χ4n) is 1.44. The third-order valence-electron chi connectivity index (χ3n) is 2.30. The third-order valence-corrected chi connectivity index (χ3v) is 2.30. The maximum Gasteiger partial charge on any atom is 0.251 e. The SMILES string of the molecule is Cl.NCCCNC(=O)c1ccc2c(c1)OCO2. The number of halogens is 1. The van der Waals surface area contributed by atoms with Crippen molar-refractivity contribution in [1.82, 2.24) is 5.32 Å². The van der Waals surface area contributed by atoms with Crippen LogP contribution in [0.3, 0.4) is 0 Å². The number of hydrogen-bond donors (Lipinski definition) is 2. The van der Waals surface area contributed by atoms with Crippen LogP contribution < -0.4 is 20.5 Å². The summed E-state index contributed by atoms with van der Waals surface area (Å²) in [5.74, 6) is 1.18. The van der Waals surface area contributed by atoms with Crippen molar-refractivity contribution in [3.05, 3.63) is 23.8 Å². The van der Waals surface area contributed by atoms with Crippen molar-refractivity contribution >= 4 is 18.3 Å². The lowest BCUT2D eigenvalue weighted by molar-refractivity contribution is 0.0953. The van der Waals surface area contributed by atoms with Crippen LogP contribution in [-0.4, -0.2) is 25.8 Å².